The van der Waals surface area contributed by atoms with Gasteiger partial charge in [0.1, 0.15) is 6.04 Å². The van der Waals surface area contributed by atoms with E-state index in [1.807, 2.05) is 53.6 Å². The van der Waals surface area contributed by atoms with Gasteiger partial charge in [-0.25, -0.2) is 9.18 Å². The number of halogens is 2. The summed E-state index contributed by atoms with van der Waals surface area (Å²) in [6, 6.07) is 15.4. The summed E-state index contributed by atoms with van der Waals surface area (Å²) in [5, 5.41) is 24.3. The third kappa shape index (κ3) is 5.82. The van der Waals surface area contributed by atoms with Gasteiger partial charge in [-0.3, -0.25) is 4.98 Å². The third-order valence-corrected chi connectivity index (χ3v) is 8.02. The number of aliphatic carboxylic acids is 1. The van der Waals surface area contributed by atoms with Crippen LogP contribution >= 0.6 is 23.4 Å². The zero-order valence-corrected chi connectivity index (χ0v) is 23.5. The quantitative estimate of drug-likeness (QED) is 0.154. The summed E-state index contributed by atoms with van der Waals surface area (Å²) in [6.45, 7) is 0.421. The van der Waals surface area contributed by atoms with Gasteiger partial charge < -0.3 is 26.2 Å². The molecular formula is C30H30ClFN4O3S. The molecule has 1 aliphatic carbocycles. The molecule has 0 unspecified atom stereocenters. The third-order valence-electron chi connectivity index (χ3n) is 7.09. The van der Waals surface area contributed by atoms with Gasteiger partial charge >= 0.3 is 5.97 Å². The van der Waals surface area contributed by atoms with Gasteiger partial charge in [-0.1, -0.05) is 29.8 Å². The second-order valence-electron chi connectivity index (χ2n) is 9.84. The Hall–Kier alpha value is -3.53. The average molecular weight is 581 g/mol. The SMILES string of the molecule is CSCC[C@@H](C(=O)O)N(c1cnc2ccc(-c3cc(F)c(O)c(Cl)c3)cc2c1Nc1ccc(CN)cc1)C1CC1. The maximum atomic E-state index is 14.4. The highest BCUT2D eigenvalue weighted by Crippen LogP contribution is 2.43. The number of pyridine rings is 1. The zero-order chi connectivity index (χ0) is 28.4. The molecule has 0 spiro atoms. The summed E-state index contributed by atoms with van der Waals surface area (Å²) < 4.78 is 14.4. The molecule has 1 heterocycles. The van der Waals surface area contributed by atoms with Crippen LogP contribution in [0.2, 0.25) is 5.02 Å². The van der Waals surface area contributed by atoms with E-state index in [1.165, 1.54) is 12.1 Å². The van der Waals surface area contributed by atoms with Crippen molar-refractivity contribution in [2.45, 2.75) is 37.9 Å². The standard InChI is InChI=1S/C30H30ClFN4O3S/c1-40-11-10-26(30(38)39)36(21-7-8-21)27-16-34-25-9-4-18(19-13-23(31)29(37)24(32)14-19)12-22(25)28(27)35-20-5-2-17(15-33)3-6-20/h2-6,9,12-14,16,21,26,37H,7-8,10-11,15,33H2,1H3,(H,34,35)(H,38,39)/t26-/m0/s1. The van der Waals surface area contributed by atoms with E-state index < -0.39 is 23.6 Å². The van der Waals surface area contributed by atoms with Gasteiger partial charge in [0.2, 0.25) is 0 Å². The molecule has 0 amide bonds. The number of thioether (sulfide) groups is 1. The number of nitrogens with one attached hydrogen (secondary N) is 1. The number of aromatic hydroxyl groups is 1. The van der Waals surface area contributed by atoms with Crippen LogP contribution in [-0.2, 0) is 11.3 Å². The zero-order valence-electron chi connectivity index (χ0n) is 21.9. The number of nitrogens with two attached hydrogens (primary N) is 1. The summed E-state index contributed by atoms with van der Waals surface area (Å²) in [5.74, 6) is -1.57. The molecule has 4 aromatic rings. The lowest BCUT2D eigenvalue weighted by Crippen LogP contribution is -2.43. The lowest BCUT2D eigenvalue weighted by Gasteiger charge is -2.33. The summed E-state index contributed by atoms with van der Waals surface area (Å²) >= 11 is 7.69. The Morgan fingerprint density at radius 1 is 1.20 bits per heavy atom. The van der Waals surface area contributed by atoms with Crippen molar-refractivity contribution in [1.82, 2.24) is 4.98 Å². The number of carboxylic acid groups (broad SMARTS) is 1. The molecular weight excluding hydrogens is 551 g/mol. The Morgan fingerprint density at radius 2 is 1.95 bits per heavy atom. The lowest BCUT2D eigenvalue weighted by atomic mass is 10.0. The molecule has 0 bridgehead atoms. The molecule has 1 aromatic heterocycles. The molecule has 10 heteroatoms. The van der Waals surface area contributed by atoms with Crippen molar-refractivity contribution < 1.29 is 19.4 Å². The van der Waals surface area contributed by atoms with E-state index in [9.17, 15) is 19.4 Å². The van der Waals surface area contributed by atoms with Crippen molar-refractivity contribution in [1.29, 1.82) is 0 Å². The number of aromatic nitrogens is 1. The van der Waals surface area contributed by atoms with Crippen LogP contribution in [0.3, 0.4) is 0 Å². The fourth-order valence-corrected chi connectivity index (χ4v) is 5.54. The van der Waals surface area contributed by atoms with E-state index in [-0.39, 0.29) is 11.1 Å². The maximum absolute atomic E-state index is 14.4. The number of phenols is 1. The van der Waals surface area contributed by atoms with E-state index in [0.29, 0.717) is 46.7 Å². The van der Waals surface area contributed by atoms with E-state index in [4.69, 9.17) is 22.3 Å². The number of phenolic OH excluding ortho intramolecular Hbond substituents is 1. The molecule has 7 nitrogen and oxygen atoms in total. The van der Waals surface area contributed by atoms with E-state index in [0.717, 1.165) is 29.5 Å². The number of benzene rings is 3. The van der Waals surface area contributed by atoms with Crippen LogP contribution in [0, 0.1) is 5.82 Å². The van der Waals surface area contributed by atoms with Gasteiger partial charge in [0.25, 0.3) is 0 Å². The fraction of sp³-hybridized carbons (Fsp3) is 0.267. The number of nitrogens with zero attached hydrogens (tertiary/aromatic N) is 2. The number of rotatable bonds is 11. The minimum atomic E-state index is -0.873. The molecule has 1 fully saturated rings. The highest BCUT2D eigenvalue weighted by molar-refractivity contribution is 7.98. The van der Waals surface area contributed by atoms with Crippen molar-refractivity contribution in [3.63, 3.8) is 0 Å². The molecule has 208 valence electrons. The van der Waals surface area contributed by atoms with Crippen LogP contribution in [0.4, 0.5) is 21.5 Å². The van der Waals surface area contributed by atoms with Gasteiger partial charge in [-0.2, -0.15) is 11.8 Å². The Bertz CT molecular complexity index is 1530. The first kappa shape index (κ1) is 28.0. The number of hydrogen-bond acceptors (Lipinski definition) is 7. The normalized spacial score (nSPS) is 13.8. The van der Waals surface area contributed by atoms with Gasteiger partial charge in [0, 0.05) is 23.7 Å². The Kier molecular flexibility index (Phi) is 8.35. The highest BCUT2D eigenvalue weighted by Gasteiger charge is 2.39. The van der Waals surface area contributed by atoms with E-state index in [1.54, 1.807) is 18.0 Å². The van der Waals surface area contributed by atoms with E-state index in [2.05, 4.69) is 5.32 Å². The molecule has 1 aliphatic rings. The monoisotopic (exact) mass is 580 g/mol. The summed E-state index contributed by atoms with van der Waals surface area (Å²) in [6.07, 6.45) is 5.99. The predicted octanol–water partition coefficient (Wildman–Crippen LogP) is 6.78. The summed E-state index contributed by atoms with van der Waals surface area (Å²) in [4.78, 5) is 19.2. The Morgan fingerprint density at radius 3 is 2.58 bits per heavy atom. The van der Waals surface area contributed by atoms with Crippen molar-refractivity contribution >= 4 is 57.3 Å². The van der Waals surface area contributed by atoms with E-state index >= 15 is 0 Å². The first-order valence-electron chi connectivity index (χ1n) is 13.0. The Balaban J connectivity index is 1.70. The van der Waals surface area contributed by atoms with Crippen LogP contribution < -0.4 is 16.0 Å². The predicted molar refractivity (Wildman–Crippen MR) is 161 cm³/mol. The summed E-state index contributed by atoms with van der Waals surface area (Å²) in [7, 11) is 0. The molecule has 1 saturated carbocycles. The largest absolute Gasteiger partial charge is 0.504 e. The van der Waals surface area contributed by atoms with Crippen molar-refractivity contribution in [2.75, 3.05) is 22.2 Å². The average Bonchev–Trinajstić information content (AvgIpc) is 3.79. The minimum Gasteiger partial charge on any atom is -0.504 e. The molecule has 5 rings (SSSR count). The first-order chi connectivity index (χ1) is 19.3. The molecule has 5 N–H and O–H groups in total. The van der Waals surface area contributed by atoms with Crippen molar-refractivity contribution in [3.8, 4) is 16.9 Å². The number of hydrogen-bond donors (Lipinski definition) is 4. The molecule has 0 aliphatic heterocycles. The van der Waals surface area contributed by atoms with Crippen LogP contribution in [0.25, 0.3) is 22.0 Å². The second-order valence-corrected chi connectivity index (χ2v) is 11.2. The lowest BCUT2D eigenvalue weighted by molar-refractivity contribution is -0.138. The van der Waals surface area contributed by atoms with Crippen LogP contribution in [-0.4, -0.2) is 45.3 Å². The number of carbonyl (C=O) groups is 1. The van der Waals surface area contributed by atoms with Crippen LogP contribution in [0.5, 0.6) is 5.75 Å². The molecule has 1 atom stereocenters. The van der Waals surface area contributed by atoms with Gasteiger partial charge in [0.05, 0.1) is 28.1 Å². The van der Waals surface area contributed by atoms with Crippen molar-refractivity contribution in [2.24, 2.45) is 5.73 Å². The van der Waals surface area contributed by atoms with Crippen LogP contribution in [0.1, 0.15) is 24.8 Å². The van der Waals surface area contributed by atoms with Crippen LogP contribution in [0.15, 0.2) is 60.8 Å². The fourth-order valence-electron chi connectivity index (χ4n) is 4.87. The number of fused-ring (bicyclic) bond motifs is 1. The number of anilines is 3. The molecule has 3 aromatic carbocycles. The minimum absolute atomic E-state index is 0.0849. The molecule has 0 saturated heterocycles. The topological polar surface area (TPSA) is 112 Å². The smallest absolute Gasteiger partial charge is 0.326 e. The molecule has 0 radical (unpaired) electrons. The maximum Gasteiger partial charge on any atom is 0.326 e. The first-order valence-corrected chi connectivity index (χ1v) is 14.7. The van der Waals surface area contributed by atoms with Crippen molar-refractivity contribution in [3.05, 3.63) is 77.2 Å². The Labute approximate surface area is 241 Å². The highest BCUT2D eigenvalue weighted by atomic mass is 35.5. The van der Waals surface area contributed by atoms with Gasteiger partial charge in [-0.15, -0.1) is 0 Å². The number of carboxylic acids is 1. The van der Waals surface area contributed by atoms with Gasteiger partial charge in [-0.05, 0) is 84.4 Å². The second kappa shape index (κ2) is 11.9. The van der Waals surface area contributed by atoms with Gasteiger partial charge in [0.15, 0.2) is 11.6 Å². The molecule has 40 heavy (non-hydrogen) atoms. The summed E-state index contributed by atoms with van der Waals surface area (Å²) in [5.41, 5.74) is 10.8.